The van der Waals surface area contributed by atoms with Crippen molar-refractivity contribution in [2.75, 3.05) is 6.16 Å². The van der Waals surface area contributed by atoms with Crippen molar-refractivity contribution < 1.29 is 28.5 Å². The summed E-state index contributed by atoms with van der Waals surface area (Å²) < 4.78 is 26.6. The summed E-state index contributed by atoms with van der Waals surface area (Å²) in [5.41, 5.74) is 6.95. The first-order chi connectivity index (χ1) is 17.1. The van der Waals surface area contributed by atoms with Crippen LogP contribution in [-0.4, -0.2) is 32.9 Å². The molecule has 0 spiro atoms. The predicted octanol–water partition coefficient (Wildman–Crippen LogP) is 6.06. The van der Waals surface area contributed by atoms with E-state index in [1.54, 1.807) is 12.1 Å². The van der Waals surface area contributed by atoms with E-state index in [-0.39, 0.29) is 11.7 Å². The van der Waals surface area contributed by atoms with E-state index in [0.717, 1.165) is 40.2 Å². The summed E-state index contributed by atoms with van der Waals surface area (Å²) >= 11 is 0. The molecule has 0 amide bonds. The van der Waals surface area contributed by atoms with Crippen LogP contribution in [0.1, 0.15) is 48.6 Å². The molecule has 4 rings (SSSR count). The third-order valence-electron chi connectivity index (χ3n) is 6.19. The van der Waals surface area contributed by atoms with Crippen molar-refractivity contribution in [1.82, 2.24) is 4.98 Å². The Morgan fingerprint density at radius 3 is 2.47 bits per heavy atom. The topological polar surface area (TPSA) is 105 Å². The lowest BCUT2D eigenvalue weighted by atomic mass is 9.81. The van der Waals surface area contributed by atoms with Gasteiger partial charge in [0.1, 0.15) is 12.2 Å². The minimum Gasteiger partial charge on any atom is -0.481 e. The number of hydrogen-bond acceptors (Lipinski definition) is 4. The fraction of sp³-hybridized carbons (Fsp3) is 0.250. The number of carboxylic acid groups (broad SMARTS) is 1. The largest absolute Gasteiger partial charge is 0.481 e. The van der Waals surface area contributed by atoms with Gasteiger partial charge < -0.3 is 10.00 Å². The maximum atomic E-state index is 13.8. The molecule has 1 atom stereocenters. The van der Waals surface area contributed by atoms with E-state index in [2.05, 4.69) is 6.07 Å². The number of hydrogen-bond donors (Lipinski definition) is 2. The molecule has 0 bridgehead atoms. The van der Waals surface area contributed by atoms with Gasteiger partial charge >= 0.3 is 5.97 Å². The third kappa shape index (κ3) is 5.53. The van der Waals surface area contributed by atoms with Crippen LogP contribution in [-0.2, 0) is 27.0 Å². The Kier molecular flexibility index (Phi) is 7.34. The number of carboxylic acids is 1. The number of nitrogens with zero attached hydrogens (tertiary/aromatic N) is 1. The summed E-state index contributed by atoms with van der Waals surface area (Å²) in [6.07, 6.45) is 1.43. The Morgan fingerprint density at radius 1 is 1.11 bits per heavy atom. The van der Waals surface area contributed by atoms with Crippen molar-refractivity contribution in [3.8, 4) is 22.4 Å². The van der Waals surface area contributed by atoms with Crippen LogP contribution in [0.2, 0.25) is 0 Å². The number of ketones is 1. The van der Waals surface area contributed by atoms with Crippen LogP contribution in [0, 0.1) is 5.82 Å². The van der Waals surface area contributed by atoms with Gasteiger partial charge in [-0.05, 0) is 59.2 Å². The molecular formula is C28H27FNO5P. The van der Waals surface area contributed by atoms with Crippen LogP contribution in [0.4, 0.5) is 4.39 Å². The number of rotatable bonds is 8. The molecular weight excluding hydrogens is 480 g/mol. The first-order valence-electron chi connectivity index (χ1n) is 11.7. The van der Waals surface area contributed by atoms with Gasteiger partial charge in [-0.15, -0.1) is 0 Å². The first kappa shape index (κ1) is 25.7. The van der Waals surface area contributed by atoms with E-state index in [1.165, 1.54) is 23.8 Å². The minimum absolute atomic E-state index is 0.0463. The number of carbonyl (C=O) groups is 2. The first-order valence-corrected chi connectivity index (χ1v) is 13.6. The zero-order chi connectivity index (χ0) is 26.0. The lowest BCUT2D eigenvalue weighted by Gasteiger charge is -2.26. The summed E-state index contributed by atoms with van der Waals surface area (Å²) in [6.45, 7) is 3.95. The second-order valence-corrected chi connectivity index (χ2v) is 11.4. The number of pyridine rings is 1. The van der Waals surface area contributed by atoms with Gasteiger partial charge in [-0.2, -0.15) is 0 Å². The van der Waals surface area contributed by atoms with Gasteiger partial charge in [0.05, 0.1) is 17.5 Å². The Balaban J connectivity index is 1.92. The predicted molar refractivity (Wildman–Crippen MR) is 138 cm³/mol. The lowest BCUT2D eigenvalue weighted by molar-refractivity contribution is -0.139. The van der Waals surface area contributed by atoms with Gasteiger partial charge in [-0.3, -0.25) is 19.1 Å². The molecule has 8 heteroatoms. The highest BCUT2D eigenvalue weighted by atomic mass is 31.2. The van der Waals surface area contributed by atoms with Crippen LogP contribution in [0.15, 0.2) is 54.3 Å². The lowest BCUT2D eigenvalue weighted by Crippen LogP contribution is -2.12. The van der Waals surface area contributed by atoms with Crippen molar-refractivity contribution in [2.24, 2.45) is 0 Å². The summed E-state index contributed by atoms with van der Waals surface area (Å²) in [5, 5.41) is 8.81. The van der Waals surface area contributed by atoms with E-state index in [1.807, 2.05) is 32.0 Å². The molecule has 186 valence electrons. The standard InChI is InChI=1S/C28H27FNO5P/c1-17(2)27-24(13-14-36(34,35)16-21(31)15-25(32)33)26(19-7-10-20(29)11-8-19)23-12-9-18-5-3-4-6-22(18)28(23)30-27/h3-8,10-11,13-14,17H,9,12,15-16H2,1-2H3,(H,32,33)(H,34,35). The zero-order valence-electron chi connectivity index (χ0n) is 20.1. The average molecular weight is 507 g/mol. The van der Waals surface area contributed by atoms with Crippen molar-refractivity contribution in [2.45, 2.75) is 39.0 Å². The highest BCUT2D eigenvalue weighted by Crippen LogP contribution is 2.46. The third-order valence-corrected chi connectivity index (χ3v) is 7.61. The molecule has 3 aromatic rings. The van der Waals surface area contributed by atoms with Gasteiger partial charge in [0, 0.05) is 16.9 Å². The van der Waals surface area contributed by atoms with E-state index in [0.29, 0.717) is 17.7 Å². The molecule has 0 fully saturated rings. The highest BCUT2D eigenvalue weighted by molar-refractivity contribution is 7.62. The maximum absolute atomic E-state index is 13.8. The SMILES string of the molecule is CC(C)c1nc2c(c(-c3ccc(F)cc3)c1C=CP(=O)(O)CC(=O)CC(=O)O)CCc1ccccc1-2. The maximum Gasteiger partial charge on any atom is 0.310 e. The number of aryl methyl sites for hydroxylation is 1. The number of halogens is 1. The Labute approximate surface area is 209 Å². The average Bonchev–Trinajstić information content (AvgIpc) is 2.81. The van der Waals surface area contributed by atoms with E-state index < -0.39 is 31.7 Å². The van der Waals surface area contributed by atoms with E-state index in [4.69, 9.17) is 10.1 Å². The van der Waals surface area contributed by atoms with Crippen LogP contribution >= 0.6 is 7.37 Å². The van der Waals surface area contributed by atoms with E-state index >= 15 is 0 Å². The molecule has 0 aliphatic heterocycles. The molecule has 1 aliphatic carbocycles. The fourth-order valence-electron chi connectivity index (χ4n) is 4.63. The molecule has 1 aliphatic rings. The van der Waals surface area contributed by atoms with E-state index in [9.17, 15) is 23.4 Å². The molecule has 36 heavy (non-hydrogen) atoms. The number of aliphatic carboxylic acids is 1. The summed E-state index contributed by atoms with van der Waals surface area (Å²) in [6, 6.07) is 14.2. The molecule has 1 heterocycles. The quantitative estimate of drug-likeness (QED) is 0.284. The van der Waals surface area contributed by atoms with Gasteiger partial charge in [0.25, 0.3) is 0 Å². The Morgan fingerprint density at radius 2 is 1.81 bits per heavy atom. The Hall–Kier alpha value is -3.41. The second kappa shape index (κ2) is 10.3. The number of aromatic nitrogens is 1. The van der Waals surface area contributed by atoms with Crippen LogP contribution in [0.5, 0.6) is 0 Å². The number of benzene rings is 2. The number of carbonyl (C=O) groups excluding carboxylic acids is 1. The zero-order valence-corrected chi connectivity index (χ0v) is 21.0. The molecule has 1 unspecified atom stereocenters. The molecule has 0 saturated heterocycles. The summed E-state index contributed by atoms with van der Waals surface area (Å²) in [4.78, 5) is 38.1. The monoisotopic (exact) mass is 507 g/mol. The summed E-state index contributed by atoms with van der Waals surface area (Å²) in [7, 11) is -4.10. The molecule has 2 N–H and O–H groups in total. The van der Waals surface area contributed by atoms with Gasteiger partial charge in [-0.25, -0.2) is 4.39 Å². The molecule has 0 radical (unpaired) electrons. The Bertz CT molecular complexity index is 1410. The van der Waals surface area contributed by atoms with Crippen LogP contribution in [0.3, 0.4) is 0 Å². The van der Waals surface area contributed by atoms with Crippen molar-refractivity contribution in [3.63, 3.8) is 0 Å². The smallest absolute Gasteiger partial charge is 0.310 e. The second-order valence-electron chi connectivity index (χ2n) is 9.27. The van der Waals surface area contributed by atoms with Crippen molar-refractivity contribution >= 4 is 25.2 Å². The van der Waals surface area contributed by atoms with Crippen molar-refractivity contribution in [1.29, 1.82) is 0 Å². The molecule has 2 aromatic carbocycles. The van der Waals surface area contributed by atoms with Crippen LogP contribution in [0.25, 0.3) is 28.5 Å². The number of fused-ring (bicyclic) bond motifs is 3. The van der Waals surface area contributed by atoms with Gasteiger partial charge in [0.2, 0.25) is 7.37 Å². The summed E-state index contributed by atoms with van der Waals surface area (Å²) in [5.74, 6) is -1.49. The molecule has 0 saturated carbocycles. The van der Waals surface area contributed by atoms with Gasteiger partial charge in [0.15, 0.2) is 5.78 Å². The normalized spacial score (nSPS) is 14.4. The highest BCUT2D eigenvalue weighted by Gasteiger charge is 2.27. The van der Waals surface area contributed by atoms with Gasteiger partial charge in [-0.1, -0.05) is 50.2 Å². The molecule has 6 nitrogen and oxygen atoms in total. The molecule has 1 aromatic heterocycles. The minimum atomic E-state index is -4.10. The van der Waals surface area contributed by atoms with Crippen molar-refractivity contribution in [3.05, 3.63) is 82.5 Å². The number of Topliss-reactive ketones (excluding diaryl/α,β-unsaturated/α-hetero) is 1. The van der Waals surface area contributed by atoms with Crippen LogP contribution < -0.4 is 0 Å². The fourth-order valence-corrected chi connectivity index (χ4v) is 5.73.